The zero-order valence-electron chi connectivity index (χ0n) is 15.9. The summed E-state index contributed by atoms with van der Waals surface area (Å²) in [6, 6.07) is 5.66. The second kappa shape index (κ2) is 8.09. The topological polar surface area (TPSA) is 103 Å². The molecule has 2 aromatic rings. The van der Waals surface area contributed by atoms with Crippen molar-refractivity contribution in [2.45, 2.75) is 25.4 Å². The van der Waals surface area contributed by atoms with Crippen molar-refractivity contribution in [1.82, 2.24) is 20.6 Å². The molecule has 4 rings (SSSR count). The number of piperidine rings is 1. The molecule has 2 fully saturated rings. The van der Waals surface area contributed by atoms with Gasteiger partial charge in [-0.3, -0.25) is 14.8 Å². The molecular weight excluding hydrogens is 356 g/mol. The van der Waals surface area contributed by atoms with Crippen LogP contribution in [0.1, 0.15) is 18.9 Å². The van der Waals surface area contributed by atoms with Gasteiger partial charge in [0.15, 0.2) is 0 Å². The van der Waals surface area contributed by atoms with Crippen LogP contribution < -0.4 is 15.5 Å². The fourth-order valence-electron chi connectivity index (χ4n) is 4.08. The van der Waals surface area contributed by atoms with Crippen molar-refractivity contribution in [3.05, 3.63) is 30.1 Å². The number of ether oxygens (including phenoxy) is 1. The minimum absolute atomic E-state index is 0.0109. The highest BCUT2D eigenvalue weighted by Crippen LogP contribution is 2.30. The van der Waals surface area contributed by atoms with Gasteiger partial charge in [-0.05, 0) is 24.5 Å². The molecule has 1 aromatic heterocycles. The highest BCUT2D eigenvalue weighted by Gasteiger charge is 2.30. The van der Waals surface area contributed by atoms with Gasteiger partial charge in [-0.1, -0.05) is 6.92 Å². The van der Waals surface area contributed by atoms with Crippen LogP contribution in [0.25, 0.3) is 11.0 Å². The number of carbonyl (C=O) groups excluding carboxylic acids is 1. The Morgan fingerprint density at radius 1 is 1.32 bits per heavy atom. The third-order valence-electron chi connectivity index (χ3n) is 5.31. The van der Waals surface area contributed by atoms with Crippen molar-refractivity contribution in [3.8, 4) is 6.07 Å². The molecule has 3 unspecified atom stereocenters. The number of rotatable bonds is 3. The first kappa shape index (κ1) is 18.6. The van der Waals surface area contributed by atoms with Gasteiger partial charge in [0, 0.05) is 38.1 Å². The van der Waals surface area contributed by atoms with Gasteiger partial charge in [0.25, 0.3) is 0 Å². The second-order valence-corrected chi connectivity index (χ2v) is 7.53. The third kappa shape index (κ3) is 3.77. The van der Waals surface area contributed by atoms with Crippen molar-refractivity contribution in [2.75, 3.05) is 37.7 Å². The molecule has 146 valence electrons. The number of amides is 1. The van der Waals surface area contributed by atoms with E-state index in [9.17, 15) is 10.1 Å². The van der Waals surface area contributed by atoms with E-state index < -0.39 is 0 Å². The molecule has 3 atom stereocenters. The summed E-state index contributed by atoms with van der Waals surface area (Å²) in [5.74, 6) is 0.403. The maximum Gasteiger partial charge on any atom is 0.239 e. The SMILES string of the molecule is CC1CC(NC(=O)C2COCCN2)CN(c2ccc(C#N)c3nccnc23)C1. The number of nitriles is 1. The van der Waals surface area contributed by atoms with Crippen molar-refractivity contribution in [3.63, 3.8) is 0 Å². The van der Waals surface area contributed by atoms with Gasteiger partial charge >= 0.3 is 0 Å². The van der Waals surface area contributed by atoms with Crippen LogP contribution in [0.15, 0.2) is 24.5 Å². The molecule has 0 spiro atoms. The Hall–Kier alpha value is -2.76. The van der Waals surface area contributed by atoms with E-state index in [2.05, 4.69) is 38.5 Å². The molecule has 0 saturated carbocycles. The van der Waals surface area contributed by atoms with Crippen LogP contribution in [0, 0.1) is 17.2 Å². The van der Waals surface area contributed by atoms with Gasteiger partial charge in [-0.2, -0.15) is 5.26 Å². The van der Waals surface area contributed by atoms with Crippen LogP contribution >= 0.6 is 0 Å². The van der Waals surface area contributed by atoms with Crippen LogP contribution in [0.3, 0.4) is 0 Å². The second-order valence-electron chi connectivity index (χ2n) is 7.53. The zero-order chi connectivity index (χ0) is 19.5. The van der Waals surface area contributed by atoms with Gasteiger partial charge in [0.05, 0.1) is 24.5 Å². The summed E-state index contributed by atoms with van der Waals surface area (Å²) in [4.78, 5) is 23.7. The summed E-state index contributed by atoms with van der Waals surface area (Å²) in [6.45, 7) is 5.50. The quantitative estimate of drug-likeness (QED) is 0.813. The molecule has 0 bridgehead atoms. The first-order valence-corrected chi connectivity index (χ1v) is 9.66. The number of fused-ring (bicyclic) bond motifs is 1. The van der Waals surface area contributed by atoms with E-state index in [1.165, 1.54) is 0 Å². The van der Waals surface area contributed by atoms with Crippen molar-refractivity contribution < 1.29 is 9.53 Å². The predicted molar refractivity (Wildman–Crippen MR) is 105 cm³/mol. The Morgan fingerprint density at radius 3 is 2.89 bits per heavy atom. The van der Waals surface area contributed by atoms with Crippen LogP contribution in [-0.4, -0.2) is 60.8 Å². The summed E-state index contributed by atoms with van der Waals surface area (Å²) in [5.41, 5.74) is 2.81. The van der Waals surface area contributed by atoms with E-state index in [1.54, 1.807) is 18.5 Å². The lowest BCUT2D eigenvalue weighted by molar-refractivity contribution is -0.126. The number of aromatic nitrogens is 2. The summed E-state index contributed by atoms with van der Waals surface area (Å²) in [6.07, 6.45) is 4.18. The van der Waals surface area contributed by atoms with Gasteiger partial charge in [0.2, 0.25) is 5.91 Å². The third-order valence-corrected chi connectivity index (χ3v) is 5.31. The Kier molecular flexibility index (Phi) is 5.37. The Bertz CT molecular complexity index is 905. The highest BCUT2D eigenvalue weighted by molar-refractivity contribution is 5.92. The lowest BCUT2D eigenvalue weighted by atomic mass is 9.94. The van der Waals surface area contributed by atoms with Crippen LogP contribution in [0.2, 0.25) is 0 Å². The minimum Gasteiger partial charge on any atom is -0.378 e. The zero-order valence-corrected chi connectivity index (χ0v) is 15.9. The van der Waals surface area contributed by atoms with E-state index in [0.717, 1.165) is 24.2 Å². The first-order valence-electron chi connectivity index (χ1n) is 9.66. The lowest BCUT2D eigenvalue weighted by Gasteiger charge is -2.39. The average Bonchev–Trinajstić information content (AvgIpc) is 2.73. The number of nitrogens with zero attached hydrogens (tertiary/aromatic N) is 4. The predicted octanol–water partition coefficient (Wildman–Crippen LogP) is 0.821. The molecule has 1 amide bonds. The van der Waals surface area contributed by atoms with Crippen LogP contribution in [-0.2, 0) is 9.53 Å². The van der Waals surface area contributed by atoms with Gasteiger partial charge in [0.1, 0.15) is 23.1 Å². The molecule has 8 heteroatoms. The van der Waals surface area contributed by atoms with E-state index in [-0.39, 0.29) is 18.0 Å². The lowest BCUT2D eigenvalue weighted by Crippen LogP contribution is -2.57. The number of morpholine rings is 1. The number of anilines is 1. The molecule has 0 radical (unpaired) electrons. The van der Waals surface area contributed by atoms with E-state index >= 15 is 0 Å². The number of nitrogens with one attached hydrogen (secondary N) is 2. The smallest absolute Gasteiger partial charge is 0.239 e. The first-order chi connectivity index (χ1) is 13.7. The maximum atomic E-state index is 12.6. The fourth-order valence-corrected chi connectivity index (χ4v) is 4.08. The largest absolute Gasteiger partial charge is 0.378 e. The maximum absolute atomic E-state index is 12.6. The molecule has 2 aliphatic rings. The number of carbonyl (C=O) groups is 1. The summed E-state index contributed by atoms with van der Waals surface area (Å²) >= 11 is 0. The van der Waals surface area contributed by atoms with Crippen molar-refractivity contribution >= 4 is 22.6 Å². The molecule has 28 heavy (non-hydrogen) atoms. The number of hydrogen-bond donors (Lipinski definition) is 2. The molecule has 8 nitrogen and oxygen atoms in total. The van der Waals surface area contributed by atoms with Crippen molar-refractivity contribution in [2.24, 2.45) is 5.92 Å². The van der Waals surface area contributed by atoms with E-state index in [4.69, 9.17) is 4.74 Å². The monoisotopic (exact) mass is 380 g/mol. The number of hydrogen-bond acceptors (Lipinski definition) is 7. The molecule has 2 saturated heterocycles. The molecule has 2 N–H and O–H groups in total. The van der Waals surface area contributed by atoms with Crippen LogP contribution in [0.5, 0.6) is 0 Å². The molecule has 1 aromatic carbocycles. The fraction of sp³-hybridized carbons (Fsp3) is 0.500. The standard InChI is InChI=1S/C20H24N6O2/c1-13-8-15(25-20(27)16-12-28-7-6-22-16)11-26(10-13)17-3-2-14(9-21)18-19(17)24-5-4-23-18/h2-5,13,15-16,22H,6-8,10-12H2,1H3,(H,25,27). The summed E-state index contributed by atoms with van der Waals surface area (Å²) in [5, 5.41) is 15.7. The van der Waals surface area contributed by atoms with Crippen LogP contribution in [0.4, 0.5) is 5.69 Å². The highest BCUT2D eigenvalue weighted by atomic mass is 16.5. The van der Waals surface area contributed by atoms with Gasteiger partial charge < -0.3 is 20.3 Å². The Morgan fingerprint density at radius 2 is 2.14 bits per heavy atom. The van der Waals surface area contributed by atoms with E-state index in [1.807, 2.05) is 6.07 Å². The average molecular weight is 380 g/mol. The molecule has 0 aliphatic carbocycles. The molecule has 2 aliphatic heterocycles. The molecular formula is C20H24N6O2. The minimum atomic E-state index is -0.291. The summed E-state index contributed by atoms with van der Waals surface area (Å²) in [7, 11) is 0. The summed E-state index contributed by atoms with van der Waals surface area (Å²) < 4.78 is 5.40. The van der Waals surface area contributed by atoms with Gasteiger partial charge in [-0.15, -0.1) is 0 Å². The molecule has 3 heterocycles. The Labute approximate surface area is 163 Å². The Balaban J connectivity index is 1.55. The number of benzene rings is 1. The van der Waals surface area contributed by atoms with Crippen molar-refractivity contribution in [1.29, 1.82) is 5.26 Å². The van der Waals surface area contributed by atoms with E-state index in [0.29, 0.717) is 43.3 Å². The van der Waals surface area contributed by atoms with Gasteiger partial charge in [-0.25, -0.2) is 0 Å². The normalized spacial score (nSPS) is 25.3.